The van der Waals surface area contributed by atoms with Gasteiger partial charge >= 0.3 is 5.97 Å². The Hall–Kier alpha value is -3.48. The zero-order valence-electron chi connectivity index (χ0n) is 14.3. The Labute approximate surface area is 153 Å². The lowest BCUT2D eigenvalue weighted by atomic mass is 10.2. The average Bonchev–Trinajstić information content (AvgIpc) is 2.67. The van der Waals surface area contributed by atoms with Gasteiger partial charge in [-0.05, 0) is 42.5 Å². The fraction of sp³-hybridized carbons (Fsp3) is 0.100. The van der Waals surface area contributed by atoms with Crippen molar-refractivity contribution in [1.82, 2.24) is 4.57 Å². The molecule has 0 bridgehead atoms. The number of aromatic nitrogens is 1. The van der Waals surface area contributed by atoms with Crippen molar-refractivity contribution >= 4 is 5.97 Å². The molecule has 138 valence electrons. The van der Waals surface area contributed by atoms with Crippen LogP contribution in [-0.4, -0.2) is 17.6 Å². The molecule has 3 aromatic rings. The van der Waals surface area contributed by atoms with E-state index in [2.05, 4.69) is 4.74 Å². The third-order valence-corrected chi connectivity index (χ3v) is 3.87. The highest BCUT2D eigenvalue weighted by atomic mass is 19.1. The number of nitrogens with zero attached hydrogens (tertiary/aromatic N) is 1. The van der Waals surface area contributed by atoms with Crippen molar-refractivity contribution < 1.29 is 23.0 Å². The minimum atomic E-state index is -0.714. The number of methoxy groups -OCH3 is 1. The van der Waals surface area contributed by atoms with Crippen LogP contribution in [-0.2, 0) is 11.3 Å². The van der Waals surface area contributed by atoms with E-state index in [-0.39, 0.29) is 23.5 Å². The zero-order chi connectivity index (χ0) is 19.4. The van der Waals surface area contributed by atoms with Crippen molar-refractivity contribution in [3.05, 3.63) is 93.9 Å². The van der Waals surface area contributed by atoms with Crippen molar-refractivity contribution in [1.29, 1.82) is 0 Å². The van der Waals surface area contributed by atoms with Crippen LogP contribution in [0.1, 0.15) is 15.9 Å². The van der Waals surface area contributed by atoms with Gasteiger partial charge in [-0.15, -0.1) is 0 Å². The first kappa shape index (κ1) is 18.3. The van der Waals surface area contributed by atoms with Gasteiger partial charge in [-0.1, -0.05) is 0 Å². The minimum absolute atomic E-state index is 0.136. The monoisotopic (exact) mass is 371 g/mol. The van der Waals surface area contributed by atoms with E-state index in [1.54, 1.807) is 30.3 Å². The summed E-state index contributed by atoms with van der Waals surface area (Å²) < 4.78 is 37.9. The van der Waals surface area contributed by atoms with Crippen LogP contribution in [0.5, 0.6) is 5.75 Å². The summed E-state index contributed by atoms with van der Waals surface area (Å²) >= 11 is 0. The van der Waals surface area contributed by atoms with Crippen LogP contribution in [0, 0.1) is 11.6 Å². The number of benzene rings is 2. The maximum absolute atomic E-state index is 13.6. The topological polar surface area (TPSA) is 57.5 Å². The molecule has 7 heteroatoms. The van der Waals surface area contributed by atoms with Crippen LogP contribution >= 0.6 is 0 Å². The van der Waals surface area contributed by atoms with Gasteiger partial charge in [0.25, 0.3) is 5.56 Å². The fourth-order valence-corrected chi connectivity index (χ4v) is 2.44. The molecular formula is C20H15F2NO4. The maximum Gasteiger partial charge on any atom is 0.337 e. The van der Waals surface area contributed by atoms with Crippen molar-refractivity contribution in [3.8, 4) is 11.4 Å². The molecule has 0 radical (unpaired) electrons. The molecular weight excluding hydrogens is 356 g/mol. The van der Waals surface area contributed by atoms with Gasteiger partial charge in [0.15, 0.2) is 0 Å². The van der Waals surface area contributed by atoms with Gasteiger partial charge in [-0.3, -0.25) is 9.36 Å². The van der Waals surface area contributed by atoms with E-state index in [0.29, 0.717) is 11.3 Å². The summed E-state index contributed by atoms with van der Waals surface area (Å²) in [6.07, 6.45) is 1.51. The summed E-state index contributed by atoms with van der Waals surface area (Å²) in [5.74, 6) is -1.59. The van der Waals surface area contributed by atoms with Crippen LogP contribution < -0.4 is 10.3 Å². The van der Waals surface area contributed by atoms with Crippen LogP contribution in [0.4, 0.5) is 8.78 Å². The first-order valence-corrected chi connectivity index (χ1v) is 7.96. The molecule has 0 unspecified atom stereocenters. The molecule has 0 aliphatic rings. The number of hydrogen-bond donors (Lipinski definition) is 0. The molecule has 5 nitrogen and oxygen atoms in total. The predicted octanol–water partition coefficient (Wildman–Crippen LogP) is 3.48. The number of esters is 1. The van der Waals surface area contributed by atoms with Gasteiger partial charge in [-0.2, -0.15) is 0 Å². The molecule has 27 heavy (non-hydrogen) atoms. The van der Waals surface area contributed by atoms with Crippen molar-refractivity contribution in [3.63, 3.8) is 0 Å². The number of carbonyl (C=O) groups is 1. The van der Waals surface area contributed by atoms with E-state index in [9.17, 15) is 18.4 Å². The van der Waals surface area contributed by atoms with E-state index in [1.807, 2.05) is 0 Å². The Balaban J connectivity index is 1.75. The number of rotatable bonds is 5. The van der Waals surface area contributed by atoms with Crippen molar-refractivity contribution in [2.75, 3.05) is 7.11 Å². The maximum atomic E-state index is 13.6. The average molecular weight is 371 g/mol. The summed E-state index contributed by atoms with van der Waals surface area (Å²) in [5.41, 5.74) is 0.747. The quantitative estimate of drug-likeness (QED) is 0.645. The van der Waals surface area contributed by atoms with Crippen molar-refractivity contribution in [2.24, 2.45) is 0 Å². The first-order valence-electron chi connectivity index (χ1n) is 7.96. The summed E-state index contributed by atoms with van der Waals surface area (Å²) in [4.78, 5) is 23.8. The van der Waals surface area contributed by atoms with Crippen LogP contribution in [0.2, 0.25) is 0 Å². The number of hydrogen-bond acceptors (Lipinski definition) is 4. The second kappa shape index (κ2) is 7.82. The first-order chi connectivity index (χ1) is 13.0. The van der Waals surface area contributed by atoms with Gasteiger partial charge < -0.3 is 9.47 Å². The van der Waals surface area contributed by atoms with Gasteiger partial charge in [0.1, 0.15) is 24.0 Å². The smallest absolute Gasteiger partial charge is 0.337 e. The molecule has 0 saturated heterocycles. The van der Waals surface area contributed by atoms with E-state index >= 15 is 0 Å². The van der Waals surface area contributed by atoms with E-state index in [4.69, 9.17) is 4.74 Å². The summed E-state index contributed by atoms with van der Waals surface area (Å²) in [6, 6.07) is 12.3. The Bertz CT molecular complexity index is 1030. The molecule has 1 heterocycles. The minimum Gasteiger partial charge on any atom is -0.489 e. The largest absolute Gasteiger partial charge is 0.489 e. The molecule has 3 rings (SSSR count). The lowest BCUT2D eigenvalue weighted by Crippen LogP contribution is -2.17. The molecule has 0 saturated carbocycles. The van der Waals surface area contributed by atoms with E-state index < -0.39 is 17.6 Å². The highest BCUT2D eigenvalue weighted by Gasteiger charge is 2.08. The molecule has 0 amide bonds. The van der Waals surface area contributed by atoms with E-state index in [1.165, 1.54) is 30.0 Å². The molecule has 1 aromatic heterocycles. The predicted molar refractivity (Wildman–Crippen MR) is 94.1 cm³/mol. The third kappa shape index (κ3) is 4.20. The number of halogens is 2. The van der Waals surface area contributed by atoms with Gasteiger partial charge in [-0.25, -0.2) is 13.6 Å². The lowest BCUT2D eigenvalue weighted by molar-refractivity contribution is 0.0600. The second-order valence-corrected chi connectivity index (χ2v) is 5.63. The molecule has 0 N–H and O–H groups in total. The summed E-state index contributed by atoms with van der Waals surface area (Å²) in [7, 11) is 1.29. The molecule has 0 fully saturated rings. The SMILES string of the molecule is COC(=O)c1ccc(-n2ccc(OCc3ccc(F)cc3F)cc2=O)cc1. The van der Waals surface area contributed by atoms with Crippen LogP contribution in [0.15, 0.2) is 65.6 Å². The third-order valence-electron chi connectivity index (χ3n) is 3.87. The summed E-state index contributed by atoms with van der Waals surface area (Å²) in [5, 5.41) is 0. The Morgan fingerprint density at radius 2 is 1.78 bits per heavy atom. The highest BCUT2D eigenvalue weighted by molar-refractivity contribution is 5.89. The highest BCUT2D eigenvalue weighted by Crippen LogP contribution is 2.15. The molecule has 0 atom stereocenters. The van der Waals surface area contributed by atoms with E-state index in [0.717, 1.165) is 12.1 Å². The molecule has 0 aliphatic carbocycles. The van der Waals surface area contributed by atoms with Gasteiger partial charge in [0.05, 0.1) is 12.7 Å². The van der Waals surface area contributed by atoms with Gasteiger partial charge in [0, 0.05) is 29.6 Å². The van der Waals surface area contributed by atoms with Gasteiger partial charge in [0.2, 0.25) is 0 Å². The lowest BCUT2D eigenvalue weighted by Gasteiger charge is -2.10. The number of ether oxygens (including phenoxy) is 2. The molecule has 0 spiro atoms. The molecule has 2 aromatic carbocycles. The summed E-state index contributed by atoms with van der Waals surface area (Å²) in [6.45, 7) is -0.136. The Morgan fingerprint density at radius 3 is 2.41 bits per heavy atom. The van der Waals surface area contributed by atoms with Crippen LogP contribution in [0.3, 0.4) is 0 Å². The zero-order valence-corrected chi connectivity index (χ0v) is 14.3. The Kier molecular flexibility index (Phi) is 5.30. The number of carbonyl (C=O) groups excluding carboxylic acids is 1. The number of pyridine rings is 1. The van der Waals surface area contributed by atoms with Crippen molar-refractivity contribution in [2.45, 2.75) is 6.61 Å². The Morgan fingerprint density at radius 1 is 1.04 bits per heavy atom. The molecule has 0 aliphatic heterocycles. The second-order valence-electron chi connectivity index (χ2n) is 5.63. The normalized spacial score (nSPS) is 10.5. The fourth-order valence-electron chi connectivity index (χ4n) is 2.44. The standard InChI is InChI=1S/C20H15F2NO4/c1-26-20(25)13-3-6-16(7-4-13)23-9-8-17(11-19(23)24)27-12-14-2-5-15(21)10-18(14)22/h2-11H,12H2,1H3. The van der Waals surface area contributed by atoms with Crippen LogP contribution in [0.25, 0.3) is 5.69 Å².